The molecule has 1 aliphatic rings. The SMILES string of the molecule is C[C@H]1CN(CCC(C)(C)O)CCN1. The zero-order chi connectivity index (χ0) is 9.90. The van der Waals surface area contributed by atoms with E-state index in [0.717, 1.165) is 32.6 Å². The van der Waals surface area contributed by atoms with Crippen LogP contribution >= 0.6 is 0 Å². The Kier molecular flexibility index (Phi) is 3.71. The summed E-state index contributed by atoms with van der Waals surface area (Å²) in [5.41, 5.74) is -0.520. The summed E-state index contributed by atoms with van der Waals surface area (Å²) in [4.78, 5) is 2.42. The van der Waals surface area contributed by atoms with Crippen molar-refractivity contribution in [1.82, 2.24) is 10.2 Å². The molecular weight excluding hydrogens is 164 g/mol. The van der Waals surface area contributed by atoms with Crippen LogP contribution in [0.1, 0.15) is 27.2 Å². The van der Waals surface area contributed by atoms with Crippen LogP contribution in [0.25, 0.3) is 0 Å². The fourth-order valence-corrected chi connectivity index (χ4v) is 1.65. The second-order valence-corrected chi connectivity index (χ2v) is 4.72. The Morgan fingerprint density at radius 3 is 2.77 bits per heavy atom. The van der Waals surface area contributed by atoms with E-state index in [1.54, 1.807) is 0 Å². The van der Waals surface area contributed by atoms with Crippen molar-refractivity contribution in [2.75, 3.05) is 26.2 Å². The number of aliphatic hydroxyl groups is 1. The number of hydrogen-bond acceptors (Lipinski definition) is 3. The summed E-state index contributed by atoms with van der Waals surface area (Å²) >= 11 is 0. The van der Waals surface area contributed by atoms with Gasteiger partial charge in [-0.25, -0.2) is 0 Å². The molecule has 3 heteroatoms. The van der Waals surface area contributed by atoms with Crippen LogP contribution < -0.4 is 5.32 Å². The molecule has 1 fully saturated rings. The summed E-state index contributed by atoms with van der Waals surface area (Å²) in [5.74, 6) is 0. The second-order valence-electron chi connectivity index (χ2n) is 4.72. The van der Waals surface area contributed by atoms with E-state index >= 15 is 0 Å². The van der Waals surface area contributed by atoms with Gasteiger partial charge in [0.15, 0.2) is 0 Å². The molecule has 1 heterocycles. The molecule has 0 aliphatic carbocycles. The number of nitrogens with one attached hydrogen (secondary N) is 1. The lowest BCUT2D eigenvalue weighted by Gasteiger charge is -2.33. The molecule has 0 spiro atoms. The van der Waals surface area contributed by atoms with Crippen LogP contribution in [0, 0.1) is 0 Å². The first-order chi connectivity index (χ1) is 5.97. The van der Waals surface area contributed by atoms with Gasteiger partial charge in [0.25, 0.3) is 0 Å². The molecule has 0 aromatic rings. The Morgan fingerprint density at radius 1 is 1.54 bits per heavy atom. The van der Waals surface area contributed by atoms with Crippen LogP contribution in [0.15, 0.2) is 0 Å². The number of nitrogens with zero attached hydrogens (tertiary/aromatic N) is 1. The maximum Gasteiger partial charge on any atom is 0.0603 e. The van der Waals surface area contributed by atoms with Crippen molar-refractivity contribution in [2.45, 2.75) is 38.8 Å². The molecule has 1 saturated heterocycles. The average Bonchev–Trinajstić information content (AvgIpc) is 2.00. The maximum absolute atomic E-state index is 9.57. The largest absolute Gasteiger partial charge is 0.390 e. The topological polar surface area (TPSA) is 35.5 Å². The minimum Gasteiger partial charge on any atom is -0.390 e. The summed E-state index contributed by atoms with van der Waals surface area (Å²) in [6.45, 7) is 10.3. The Balaban J connectivity index is 2.21. The van der Waals surface area contributed by atoms with E-state index in [1.165, 1.54) is 0 Å². The van der Waals surface area contributed by atoms with Crippen molar-refractivity contribution in [3.63, 3.8) is 0 Å². The van der Waals surface area contributed by atoms with Crippen LogP contribution in [0.4, 0.5) is 0 Å². The van der Waals surface area contributed by atoms with E-state index in [2.05, 4.69) is 17.1 Å². The second kappa shape index (κ2) is 4.40. The van der Waals surface area contributed by atoms with Gasteiger partial charge in [0.1, 0.15) is 0 Å². The van der Waals surface area contributed by atoms with E-state index in [4.69, 9.17) is 0 Å². The van der Waals surface area contributed by atoms with E-state index < -0.39 is 5.60 Å². The molecule has 0 aromatic carbocycles. The molecule has 78 valence electrons. The number of hydrogen-bond donors (Lipinski definition) is 2. The lowest BCUT2D eigenvalue weighted by atomic mass is 10.1. The molecule has 2 N–H and O–H groups in total. The zero-order valence-electron chi connectivity index (χ0n) is 9.01. The fourth-order valence-electron chi connectivity index (χ4n) is 1.65. The van der Waals surface area contributed by atoms with Gasteiger partial charge >= 0.3 is 0 Å². The smallest absolute Gasteiger partial charge is 0.0603 e. The Morgan fingerprint density at radius 2 is 2.23 bits per heavy atom. The minimum absolute atomic E-state index is 0.520. The van der Waals surface area contributed by atoms with Gasteiger partial charge in [-0.15, -0.1) is 0 Å². The molecule has 0 saturated carbocycles. The van der Waals surface area contributed by atoms with Crippen molar-refractivity contribution >= 4 is 0 Å². The lowest BCUT2D eigenvalue weighted by Crippen LogP contribution is -2.50. The van der Waals surface area contributed by atoms with Gasteiger partial charge in [0.05, 0.1) is 5.60 Å². The van der Waals surface area contributed by atoms with Crippen LogP contribution in [-0.4, -0.2) is 47.8 Å². The molecule has 0 bridgehead atoms. The van der Waals surface area contributed by atoms with Crippen molar-refractivity contribution in [3.05, 3.63) is 0 Å². The van der Waals surface area contributed by atoms with E-state index in [0.29, 0.717) is 6.04 Å². The normalized spacial score (nSPS) is 26.3. The highest BCUT2D eigenvalue weighted by Gasteiger charge is 2.18. The van der Waals surface area contributed by atoms with Crippen molar-refractivity contribution in [2.24, 2.45) is 0 Å². The standard InChI is InChI=1S/C10H22N2O/c1-9-8-12(7-5-11-9)6-4-10(2,3)13/h9,11,13H,4-8H2,1-3H3/t9-/m0/s1. The Labute approximate surface area is 81.1 Å². The molecular formula is C10H22N2O. The zero-order valence-corrected chi connectivity index (χ0v) is 9.01. The van der Waals surface area contributed by atoms with Crippen LogP contribution in [0.5, 0.6) is 0 Å². The first-order valence-corrected chi connectivity index (χ1v) is 5.15. The molecule has 1 aliphatic heterocycles. The maximum atomic E-state index is 9.57. The quantitative estimate of drug-likeness (QED) is 0.671. The van der Waals surface area contributed by atoms with Gasteiger partial charge < -0.3 is 15.3 Å². The van der Waals surface area contributed by atoms with Crippen LogP contribution in [0.3, 0.4) is 0 Å². The van der Waals surface area contributed by atoms with E-state index in [9.17, 15) is 5.11 Å². The molecule has 3 nitrogen and oxygen atoms in total. The summed E-state index contributed by atoms with van der Waals surface area (Å²) in [6.07, 6.45) is 0.861. The average molecular weight is 186 g/mol. The Bertz CT molecular complexity index is 153. The fraction of sp³-hybridized carbons (Fsp3) is 1.00. The summed E-state index contributed by atoms with van der Waals surface area (Å²) in [7, 11) is 0. The van der Waals surface area contributed by atoms with E-state index in [1.807, 2.05) is 13.8 Å². The molecule has 0 amide bonds. The summed E-state index contributed by atoms with van der Waals surface area (Å²) in [6, 6.07) is 0.593. The van der Waals surface area contributed by atoms with Crippen LogP contribution in [0.2, 0.25) is 0 Å². The number of rotatable bonds is 3. The predicted octanol–water partition coefficient (Wildman–Crippen LogP) is 0.441. The molecule has 1 atom stereocenters. The minimum atomic E-state index is -0.520. The molecule has 0 radical (unpaired) electrons. The first kappa shape index (κ1) is 11.0. The third kappa shape index (κ3) is 4.60. The molecule has 13 heavy (non-hydrogen) atoms. The van der Waals surface area contributed by atoms with Gasteiger partial charge in [-0.05, 0) is 27.2 Å². The van der Waals surface area contributed by atoms with Gasteiger partial charge in [-0.1, -0.05) is 0 Å². The van der Waals surface area contributed by atoms with E-state index in [-0.39, 0.29) is 0 Å². The van der Waals surface area contributed by atoms with Gasteiger partial charge in [0, 0.05) is 32.2 Å². The van der Waals surface area contributed by atoms with Gasteiger partial charge in [0.2, 0.25) is 0 Å². The van der Waals surface area contributed by atoms with Crippen LogP contribution in [-0.2, 0) is 0 Å². The van der Waals surface area contributed by atoms with Crippen molar-refractivity contribution in [3.8, 4) is 0 Å². The molecule has 1 rings (SSSR count). The lowest BCUT2D eigenvalue weighted by molar-refractivity contribution is 0.0537. The highest BCUT2D eigenvalue weighted by molar-refractivity contribution is 4.77. The van der Waals surface area contributed by atoms with Gasteiger partial charge in [-0.3, -0.25) is 0 Å². The summed E-state index contributed by atoms with van der Waals surface area (Å²) < 4.78 is 0. The highest BCUT2D eigenvalue weighted by Crippen LogP contribution is 2.09. The van der Waals surface area contributed by atoms with Gasteiger partial charge in [-0.2, -0.15) is 0 Å². The monoisotopic (exact) mass is 186 g/mol. The van der Waals surface area contributed by atoms with Crippen molar-refractivity contribution in [1.29, 1.82) is 0 Å². The number of piperazine rings is 1. The third-order valence-corrected chi connectivity index (χ3v) is 2.49. The highest BCUT2D eigenvalue weighted by atomic mass is 16.3. The molecule has 0 unspecified atom stereocenters. The predicted molar refractivity (Wildman–Crippen MR) is 54.8 cm³/mol. The first-order valence-electron chi connectivity index (χ1n) is 5.15. The third-order valence-electron chi connectivity index (χ3n) is 2.49. The molecule has 0 aromatic heterocycles. The summed E-state index contributed by atoms with van der Waals surface area (Å²) in [5, 5.41) is 13.0. The Hall–Kier alpha value is -0.120. The van der Waals surface area contributed by atoms with Crippen molar-refractivity contribution < 1.29 is 5.11 Å².